The Morgan fingerprint density at radius 1 is 1.22 bits per heavy atom. The van der Waals surface area contributed by atoms with Crippen LogP contribution >= 0.6 is 0 Å². The summed E-state index contributed by atoms with van der Waals surface area (Å²) in [6, 6.07) is 4.19. The first-order chi connectivity index (χ1) is 11.3. The van der Waals surface area contributed by atoms with E-state index < -0.39 is 0 Å². The predicted octanol–water partition coefficient (Wildman–Crippen LogP) is 2.39. The molecule has 2 aromatic rings. The fourth-order valence-corrected chi connectivity index (χ4v) is 3.39. The van der Waals surface area contributed by atoms with Gasteiger partial charge in [0.05, 0.1) is 14.2 Å². The van der Waals surface area contributed by atoms with Crippen molar-refractivity contribution in [2.24, 2.45) is 0 Å². The third-order valence-corrected chi connectivity index (χ3v) is 4.49. The van der Waals surface area contributed by atoms with Gasteiger partial charge in [0, 0.05) is 24.6 Å². The van der Waals surface area contributed by atoms with Crippen LogP contribution in [0.4, 0.5) is 5.82 Å². The molecule has 0 saturated carbocycles. The second-order valence-corrected chi connectivity index (χ2v) is 5.75. The Bertz CT molecular complexity index is 675. The van der Waals surface area contributed by atoms with Gasteiger partial charge >= 0.3 is 0 Å². The molecule has 6 nitrogen and oxygen atoms in total. The van der Waals surface area contributed by atoms with Crippen molar-refractivity contribution in [1.82, 2.24) is 9.97 Å². The van der Waals surface area contributed by atoms with Crippen LogP contribution in [-0.2, 0) is 0 Å². The molecule has 0 bridgehead atoms. The Kier molecular flexibility index (Phi) is 4.81. The lowest BCUT2D eigenvalue weighted by molar-refractivity contribution is 0.262. The lowest BCUT2D eigenvalue weighted by atomic mass is 9.99. The zero-order valence-electron chi connectivity index (χ0n) is 13.7. The minimum absolute atomic E-state index is 0.196. The summed E-state index contributed by atoms with van der Waals surface area (Å²) in [5.41, 5.74) is 0.755. The van der Waals surface area contributed by atoms with E-state index in [9.17, 15) is 5.11 Å². The summed E-state index contributed by atoms with van der Waals surface area (Å²) < 4.78 is 10.8. The van der Waals surface area contributed by atoms with Crippen molar-refractivity contribution in [1.29, 1.82) is 0 Å². The Morgan fingerprint density at radius 3 is 2.83 bits per heavy atom. The van der Waals surface area contributed by atoms with Gasteiger partial charge in [-0.2, -0.15) is 0 Å². The normalized spacial score (nSPS) is 18.2. The van der Waals surface area contributed by atoms with E-state index in [2.05, 4.69) is 14.9 Å². The van der Waals surface area contributed by atoms with Crippen molar-refractivity contribution in [2.75, 3.05) is 32.3 Å². The highest BCUT2D eigenvalue weighted by Crippen LogP contribution is 2.38. The summed E-state index contributed by atoms with van der Waals surface area (Å²) in [5, 5.41) is 10.3. The molecule has 1 N–H and O–H groups in total. The maximum Gasteiger partial charge on any atom is 0.187 e. The molecule has 0 amide bonds. The number of nitrogens with zero attached hydrogens (tertiary/aromatic N) is 3. The van der Waals surface area contributed by atoms with E-state index in [4.69, 9.17) is 9.47 Å². The zero-order chi connectivity index (χ0) is 16.2. The Labute approximate surface area is 136 Å². The Morgan fingerprint density at radius 2 is 2.09 bits per heavy atom. The van der Waals surface area contributed by atoms with Crippen molar-refractivity contribution >= 4 is 16.7 Å². The number of aliphatic hydroxyl groups excluding tert-OH is 1. The average Bonchev–Trinajstić information content (AvgIpc) is 2.61. The van der Waals surface area contributed by atoms with Crippen LogP contribution in [0.2, 0.25) is 0 Å². The quantitative estimate of drug-likeness (QED) is 0.913. The van der Waals surface area contributed by atoms with Crippen LogP contribution < -0.4 is 14.4 Å². The van der Waals surface area contributed by atoms with Crippen molar-refractivity contribution in [3.63, 3.8) is 0 Å². The van der Waals surface area contributed by atoms with Gasteiger partial charge in [0.15, 0.2) is 11.5 Å². The number of benzene rings is 1. The van der Waals surface area contributed by atoms with Crippen LogP contribution in [0.15, 0.2) is 18.5 Å². The van der Waals surface area contributed by atoms with Crippen LogP contribution in [-0.4, -0.2) is 48.5 Å². The van der Waals surface area contributed by atoms with Gasteiger partial charge in [0.25, 0.3) is 0 Å². The maximum absolute atomic E-state index is 9.35. The summed E-state index contributed by atoms with van der Waals surface area (Å²) in [4.78, 5) is 11.2. The van der Waals surface area contributed by atoms with E-state index in [-0.39, 0.29) is 6.61 Å². The SMILES string of the molecule is COc1ccc2c(N3CCCCC3CCO)ncnc2c1OC. The predicted molar refractivity (Wildman–Crippen MR) is 89.3 cm³/mol. The maximum atomic E-state index is 9.35. The number of hydrogen-bond acceptors (Lipinski definition) is 6. The van der Waals surface area contributed by atoms with Gasteiger partial charge in [-0.15, -0.1) is 0 Å². The van der Waals surface area contributed by atoms with Crippen LogP contribution in [0.1, 0.15) is 25.7 Å². The van der Waals surface area contributed by atoms with Gasteiger partial charge in [-0.25, -0.2) is 9.97 Å². The van der Waals surface area contributed by atoms with E-state index in [0.29, 0.717) is 17.5 Å². The fourth-order valence-electron chi connectivity index (χ4n) is 3.39. The molecule has 1 aromatic carbocycles. The molecule has 2 heterocycles. The number of fused-ring (bicyclic) bond motifs is 1. The van der Waals surface area contributed by atoms with E-state index in [1.54, 1.807) is 20.5 Å². The first-order valence-electron chi connectivity index (χ1n) is 8.03. The summed E-state index contributed by atoms with van der Waals surface area (Å²) in [6.45, 7) is 1.15. The summed E-state index contributed by atoms with van der Waals surface area (Å²) in [6.07, 6.45) is 5.75. The molecule has 6 heteroatoms. The number of aromatic nitrogens is 2. The number of ether oxygens (including phenoxy) is 2. The van der Waals surface area contributed by atoms with Crippen molar-refractivity contribution in [2.45, 2.75) is 31.7 Å². The van der Waals surface area contributed by atoms with Gasteiger partial charge in [-0.1, -0.05) is 0 Å². The Hall–Kier alpha value is -2.08. The molecule has 1 fully saturated rings. The summed E-state index contributed by atoms with van der Waals surface area (Å²) in [5.74, 6) is 2.20. The van der Waals surface area contributed by atoms with Crippen LogP contribution in [0.5, 0.6) is 11.5 Å². The van der Waals surface area contributed by atoms with Gasteiger partial charge in [-0.05, 0) is 37.8 Å². The van der Waals surface area contributed by atoms with Gasteiger partial charge < -0.3 is 19.5 Å². The smallest absolute Gasteiger partial charge is 0.187 e. The van der Waals surface area contributed by atoms with Crippen molar-refractivity contribution in [3.8, 4) is 11.5 Å². The monoisotopic (exact) mass is 317 g/mol. The Balaban J connectivity index is 2.10. The molecule has 0 radical (unpaired) electrons. The molecular formula is C17H23N3O3. The number of piperidine rings is 1. The van der Waals surface area contributed by atoms with E-state index in [0.717, 1.165) is 42.5 Å². The molecule has 124 valence electrons. The molecule has 1 atom stereocenters. The standard InChI is InChI=1S/C17H23N3O3/c1-22-14-7-6-13-15(16(14)23-2)18-11-19-17(13)20-9-4-3-5-12(20)8-10-21/h6-7,11-12,21H,3-5,8-10H2,1-2H3. The highest BCUT2D eigenvalue weighted by Gasteiger charge is 2.25. The lowest BCUT2D eigenvalue weighted by Gasteiger charge is -2.37. The van der Waals surface area contributed by atoms with E-state index in [1.165, 1.54) is 6.42 Å². The third-order valence-electron chi connectivity index (χ3n) is 4.49. The number of anilines is 1. The lowest BCUT2D eigenvalue weighted by Crippen LogP contribution is -2.40. The van der Waals surface area contributed by atoms with Crippen molar-refractivity contribution in [3.05, 3.63) is 18.5 Å². The first-order valence-corrected chi connectivity index (χ1v) is 8.03. The van der Waals surface area contributed by atoms with Crippen LogP contribution in [0.3, 0.4) is 0 Å². The fraction of sp³-hybridized carbons (Fsp3) is 0.529. The van der Waals surface area contributed by atoms with Gasteiger partial charge in [0.1, 0.15) is 17.7 Å². The summed E-state index contributed by atoms with van der Waals surface area (Å²) >= 11 is 0. The largest absolute Gasteiger partial charge is 0.493 e. The molecule has 0 spiro atoms. The molecule has 1 aliphatic heterocycles. The number of aliphatic hydroxyl groups is 1. The number of rotatable bonds is 5. The van der Waals surface area contributed by atoms with E-state index in [1.807, 2.05) is 12.1 Å². The highest BCUT2D eigenvalue weighted by atomic mass is 16.5. The number of methoxy groups -OCH3 is 2. The molecule has 1 aliphatic rings. The van der Waals surface area contributed by atoms with Gasteiger partial charge in [-0.3, -0.25) is 0 Å². The number of hydrogen-bond donors (Lipinski definition) is 1. The second kappa shape index (κ2) is 7.00. The third kappa shape index (κ3) is 2.91. The van der Waals surface area contributed by atoms with Gasteiger partial charge in [0.2, 0.25) is 0 Å². The second-order valence-electron chi connectivity index (χ2n) is 5.75. The first kappa shape index (κ1) is 15.8. The molecule has 23 heavy (non-hydrogen) atoms. The molecule has 3 rings (SSSR count). The molecule has 1 saturated heterocycles. The van der Waals surface area contributed by atoms with Crippen LogP contribution in [0.25, 0.3) is 10.9 Å². The molecule has 1 aromatic heterocycles. The van der Waals surface area contributed by atoms with Crippen LogP contribution in [0, 0.1) is 0 Å². The molecule has 1 unspecified atom stereocenters. The van der Waals surface area contributed by atoms with Crippen molar-refractivity contribution < 1.29 is 14.6 Å². The topological polar surface area (TPSA) is 67.7 Å². The summed E-state index contributed by atoms with van der Waals surface area (Å²) in [7, 11) is 3.24. The minimum Gasteiger partial charge on any atom is -0.493 e. The average molecular weight is 317 g/mol. The van der Waals surface area contributed by atoms with E-state index >= 15 is 0 Å². The zero-order valence-corrected chi connectivity index (χ0v) is 13.7. The molecule has 0 aliphatic carbocycles. The highest BCUT2D eigenvalue weighted by molar-refractivity contribution is 5.95. The minimum atomic E-state index is 0.196. The molecular weight excluding hydrogens is 294 g/mol.